The van der Waals surface area contributed by atoms with Crippen molar-refractivity contribution >= 4 is 5.91 Å². The van der Waals surface area contributed by atoms with Gasteiger partial charge >= 0.3 is 0 Å². The summed E-state index contributed by atoms with van der Waals surface area (Å²) in [6.07, 6.45) is 5.69. The molecule has 0 bridgehead atoms. The predicted octanol–water partition coefficient (Wildman–Crippen LogP) is 2.83. The molecule has 1 saturated heterocycles. The number of carbonyl (C=O) groups is 1. The van der Waals surface area contributed by atoms with E-state index in [0.29, 0.717) is 11.9 Å². The van der Waals surface area contributed by atoms with Crippen LogP contribution in [-0.2, 0) is 4.79 Å². The minimum absolute atomic E-state index is 0.0465. The zero-order valence-corrected chi connectivity index (χ0v) is 14.7. The van der Waals surface area contributed by atoms with Crippen molar-refractivity contribution in [2.24, 2.45) is 0 Å². The third-order valence-electron chi connectivity index (χ3n) is 4.72. The van der Waals surface area contributed by atoms with Crippen LogP contribution in [0.25, 0.3) is 0 Å². The Kier molecular flexibility index (Phi) is 8.27. The number of rotatable bonds is 10. The van der Waals surface area contributed by atoms with Crippen LogP contribution in [0.15, 0.2) is 0 Å². The van der Waals surface area contributed by atoms with Crippen molar-refractivity contribution in [3.63, 3.8) is 0 Å². The highest BCUT2D eigenvalue weighted by molar-refractivity contribution is 5.84. The molecule has 4 heteroatoms. The molecule has 1 N–H and O–H groups in total. The van der Waals surface area contributed by atoms with Gasteiger partial charge < -0.3 is 9.80 Å². The second kappa shape index (κ2) is 9.42. The maximum atomic E-state index is 12.5. The van der Waals surface area contributed by atoms with Crippen LogP contribution >= 0.6 is 0 Å². The van der Waals surface area contributed by atoms with Crippen LogP contribution < -0.4 is 5.32 Å². The molecule has 1 fully saturated rings. The van der Waals surface area contributed by atoms with Crippen molar-refractivity contribution in [2.45, 2.75) is 85.0 Å². The Morgan fingerprint density at radius 2 is 1.90 bits per heavy atom. The Hall–Kier alpha value is -0.610. The zero-order valence-electron chi connectivity index (χ0n) is 14.7. The van der Waals surface area contributed by atoms with E-state index in [9.17, 15) is 4.79 Å². The maximum absolute atomic E-state index is 12.5. The Bertz CT molecular complexity index is 304. The van der Waals surface area contributed by atoms with Gasteiger partial charge in [0, 0.05) is 6.04 Å². The molecule has 0 radical (unpaired) electrons. The molecule has 0 aromatic rings. The van der Waals surface area contributed by atoms with E-state index in [0.717, 1.165) is 45.3 Å². The number of hydrogen-bond donors (Lipinski definition) is 1. The number of nitrogens with one attached hydrogen (secondary N) is 1. The Balaban J connectivity index is 2.42. The Labute approximate surface area is 131 Å². The normalized spacial score (nSPS) is 24.1. The number of unbranched alkanes of at least 4 members (excludes halogenated alkanes) is 1. The molecule has 0 spiro atoms. The van der Waals surface area contributed by atoms with Gasteiger partial charge in [-0.15, -0.1) is 0 Å². The minimum Gasteiger partial charge on any atom is -0.323 e. The molecular weight excluding hydrogens is 262 g/mol. The number of amides is 1. The molecule has 0 aromatic carbocycles. The van der Waals surface area contributed by atoms with Gasteiger partial charge in [0.05, 0.1) is 12.2 Å². The molecule has 4 nitrogen and oxygen atoms in total. The molecule has 1 aliphatic rings. The number of hydrogen-bond acceptors (Lipinski definition) is 3. The Morgan fingerprint density at radius 3 is 2.48 bits per heavy atom. The van der Waals surface area contributed by atoms with Gasteiger partial charge in [-0.05, 0) is 52.7 Å². The summed E-state index contributed by atoms with van der Waals surface area (Å²) in [5.41, 5.74) is 0. The van der Waals surface area contributed by atoms with Crippen LogP contribution in [0, 0.1) is 0 Å². The van der Waals surface area contributed by atoms with Gasteiger partial charge in [-0.1, -0.05) is 33.6 Å². The average Bonchev–Trinajstić information content (AvgIpc) is 2.75. The fourth-order valence-electron chi connectivity index (χ4n) is 3.32. The van der Waals surface area contributed by atoms with E-state index >= 15 is 0 Å². The largest absolute Gasteiger partial charge is 0.323 e. The SMILES string of the molecule is CCCCC1NC(C)N(C(C)CCCN(CC)CC)C1=O. The first kappa shape index (κ1) is 18.4. The average molecular weight is 297 g/mol. The lowest BCUT2D eigenvalue weighted by Crippen LogP contribution is -2.41. The highest BCUT2D eigenvalue weighted by atomic mass is 16.2. The van der Waals surface area contributed by atoms with E-state index in [1.54, 1.807) is 0 Å². The molecule has 21 heavy (non-hydrogen) atoms. The molecule has 3 unspecified atom stereocenters. The van der Waals surface area contributed by atoms with E-state index in [-0.39, 0.29) is 12.2 Å². The lowest BCUT2D eigenvalue weighted by Gasteiger charge is -2.29. The molecule has 0 aliphatic carbocycles. The predicted molar refractivity (Wildman–Crippen MR) is 89.2 cm³/mol. The van der Waals surface area contributed by atoms with E-state index in [1.807, 2.05) is 0 Å². The lowest BCUT2D eigenvalue weighted by molar-refractivity contribution is -0.132. The summed E-state index contributed by atoms with van der Waals surface area (Å²) >= 11 is 0. The van der Waals surface area contributed by atoms with Gasteiger partial charge in [-0.3, -0.25) is 10.1 Å². The van der Waals surface area contributed by atoms with Crippen molar-refractivity contribution in [3.05, 3.63) is 0 Å². The first-order valence-corrected chi connectivity index (χ1v) is 8.85. The van der Waals surface area contributed by atoms with Crippen molar-refractivity contribution in [3.8, 4) is 0 Å². The monoisotopic (exact) mass is 297 g/mol. The summed E-state index contributed by atoms with van der Waals surface area (Å²) in [5.74, 6) is 0.311. The van der Waals surface area contributed by atoms with Crippen molar-refractivity contribution in [1.82, 2.24) is 15.1 Å². The molecule has 0 saturated carbocycles. The second-order valence-electron chi connectivity index (χ2n) is 6.30. The fourth-order valence-corrected chi connectivity index (χ4v) is 3.32. The van der Waals surface area contributed by atoms with Gasteiger partial charge in [-0.2, -0.15) is 0 Å². The van der Waals surface area contributed by atoms with Crippen LogP contribution in [-0.4, -0.2) is 53.6 Å². The second-order valence-corrected chi connectivity index (χ2v) is 6.30. The number of carbonyl (C=O) groups excluding carboxylic acids is 1. The van der Waals surface area contributed by atoms with Crippen LogP contribution in [0.5, 0.6) is 0 Å². The quantitative estimate of drug-likeness (QED) is 0.673. The molecule has 1 rings (SSSR count). The first-order chi connectivity index (χ1) is 10.0. The molecule has 3 atom stereocenters. The van der Waals surface area contributed by atoms with E-state index in [2.05, 4.69) is 49.7 Å². The standard InChI is InChI=1S/C17H35N3O/c1-6-9-12-16-17(21)20(15(5)18-16)14(4)11-10-13-19(7-2)8-3/h14-16,18H,6-13H2,1-5H3. The first-order valence-electron chi connectivity index (χ1n) is 8.85. The maximum Gasteiger partial charge on any atom is 0.241 e. The summed E-state index contributed by atoms with van der Waals surface area (Å²) in [7, 11) is 0. The van der Waals surface area contributed by atoms with Crippen molar-refractivity contribution in [2.75, 3.05) is 19.6 Å². The van der Waals surface area contributed by atoms with Crippen molar-refractivity contribution < 1.29 is 4.79 Å². The van der Waals surface area contributed by atoms with Crippen LogP contribution in [0.1, 0.15) is 66.7 Å². The third-order valence-corrected chi connectivity index (χ3v) is 4.72. The van der Waals surface area contributed by atoms with Crippen molar-refractivity contribution in [1.29, 1.82) is 0 Å². The highest BCUT2D eigenvalue weighted by Crippen LogP contribution is 2.20. The van der Waals surface area contributed by atoms with E-state index in [4.69, 9.17) is 0 Å². The summed E-state index contributed by atoms with van der Waals surface area (Å²) in [6.45, 7) is 14.3. The summed E-state index contributed by atoms with van der Waals surface area (Å²) < 4.78 is 0. The smallest absolute Gasteiger partial charge is 0.241 e. The molecule has 1 heterocycles. The fraction of sp³-hybridized carbons (Fsp3) is 0.941. The molecular formula is C17H35N3O. The summed E-state index contributed by atoms with van der Waals surface area (Å²) in [4.78, 5) is 17.0. The van der Waals surface area contributed by atoms with Gasteiger partial charge in [0.25, 0.3) is 0 Å². The van der Waals surface area contributed by atoms with Crippen LogP contribution in [0.3, 0.4) is 0 Å². The highest BCUT2D eigenvalue weighted by Gasteiger charge is 2.38. The minimum atomic E-state index is 0.0465. The summed E-state index contributed by atoms with van der Waals surface area (Å²) in [6, 6.07) is 0.382. The van der Waals surface area contributed by atoms with Gasteiger partial charge in [0.15, 0.2) is 0 Å². The molecule has 124 valence electrons. The third kappa shape index (κ3) is 5.26. The summed E-state index contributed by atoms with van der Waals surface area (Å²) in [5, 5.41) is 3.46. The van der Waals surface area contributed by atoms with Crippen LogP contribution in [0.4, 0.5) is 0 Å². The lowest BCUT2D eigenvalue weighted by atomic mass is 10.1. The van der Waals surface area contributed by atoms with Crippen LogP contribution in [0.2, 0.25) is 0 Å². The topological polar surface area (TPSA) is 35.6 Å². The Morgan fingerprint density at radius 1 is 1.24 bits per heavy atom. The number of nitrogens with zero attached hydrogens (tertiary/aromatic N) is 2. The molecule has 1 amide bonds. The van der Waals surface area contributed by atoms with Gasteiger partial charge in [0.1, 0.15) is 0 Å². The van der Waals surface area contributed by atoms with Gasteiger partial charge in [-0.25, -0.2) is 0 Å². The van der Waals surface area contributed by atoms with E-state index < -0.39 is 0 Å². The molecule has 0 aromatic heterocycles. The van der Waals surface area contributed by atoms with Gasteiger partial charge in [0.2, 0.25) is 5.91 Å². The zero-order chi connectivity index (χ0) is 15.8. The molecule has 1 aliphatic heterocycles. The van der Waals surface area contributed by atoms with E-state index in [1.165, 1.54) is 6.42 Å².